The van der Waals surface area contributed by atoms with Crippen molar-refractivity contribution in [1.29, 1.82) is 0 Å². The normalized spacial score (nSPS) is 17.7. The van der Waals surface area contributed by atoms with Gasteiger partial charge in [-0.25, -0.2) is 14.8 Å². The second kappa shape index (κ2) is 15.8. The van der Waals surface area contributed by atoms with Gasteiger partial charge in [0.1, 0.15) is 35.2 Å². The molecule has 0 radical (unpaired) electrons. The molecule has 2 aromatic heterocycles. The van der Waals surface area contributed by atoms with Crippen LogP contribution in [0.3, 0.4) is 0 Å². The first-order valence-electron chi connectivity index (χ1n) is 13.5. The summed E-state index contributed by atoms with van der Waals surface area (Å²) >= 11 is 3.68. The zero-order valence-electron chi connectivity index (χ0n) is 24.9. The van der Waals surface area contributed by atoms with Crippen LogP contribution >= 0.6 is 35.1 Å². The number of nitrogens with one attached hydrogen (secondary N) is 3. The summed E-state index contributed by atoms with van der Waals surface area (Å²) in [6.45, 7) is 2.18. The molecule has 47 heavy (non-hydrogen) atoms. The number of anilines is 2. The van der Waals surface area contributed by atoms with Crippen molar-refractivity contribution < 1.29 is 58.9 Å². The number of rotatable bonds is 12. The van der Waals surface area contributed by atoms with Crippen LogP contribution < -0.4 is 61.5 Å². The van der Waals surface area contributed by atoms with Crippen molar-refractivity contribution in [2.24, 2.45) is 5.73 Å². The maximum Gasteiger partial charge on any atom is 1.00 e. The van der Waals surface area contributed by atoms with E-state index in [0.717, 1.165) is 27.5 Å². The van der Waals surface area contributed by atoms with Gasteiger partial charge in [-0.2, -0.15) is 4.37 Å². The average molecular weight is 708 g/mol. The summed E-state index contributed by atoms with van der Waals surface area (Å²) in [5.74, 6) is -2.68. The first-order chi connectivity index (χ1) is 22.1. The molecule has 16 nitrogen and oxygen atoms in total. The van der Waals surface area contributed by atoms with Crippen LogP contribution in [0.2, 0.25) is 0 Å². The van der Waals surface area contributed by atoms with E-state index in [1.54, 1.807) is 12.2 Å². The minimum absolute atomic E-state index is 0. The molecule has 1 aromatic carbocycles. The monoisotopic (exact) mass is 707 g/mol. The predicted molar refractivity (Wildman–Crippen MR) is 169 cm³/mol. The van der Waals surface area contributed by atoms with Gasteiger partial charge in [0.25, 0.3) is 11.5 Å². The number of aromatic amines is 1. The number of nitrogens with zero attached hydrogens (tertiary/aromatic N) is 5. The van der Waals surface area contributed by atoms with Crippen LogP contribution in [-0.4, -0.2) is 82.6 Å². The number of phenols is 1. The minimum atomic E-state index is -1.59. The van der Waals surface area contributed by atoms with E-state index in [9.17, 15) is 34.2 Å². The minimum Gasteiger partial charge on any atom is -0.543 e. The molecule has 4 amide bonds. The average Bonchev–Trinajstić information content (AvgIpc) is 3.55. The van der Waals surface area contributed by atoms with Gasteiger partial charge >= 0.3 is 35.6 Å². The number of benzene rings is 1. The Bertz CT molecular complexity index is 1770. The van der Waals surface area contributed by atoms with Gasteiger partial charge in [0.15, 0.2) is 4.34 Å². The predicted octanol–water partition coefficient (Wildman–Crippen LogP) is -2.86. The number of carboxylic acids is 1. The van der Waals surface area contributed by atoms with E-state index < -0.39 is 46.8 Å². The molecule has 2 aliphatic rings. The number of primary amides is 1. The molecule has 240 valence electrons. The molecule has 2 unspecified atom stereocenters. The number of H-pyrrole nitrogens is 1. The van der Waals surface area contributed by atoms with E-state index in [2.05, 4.69) is 30.0 Å². The standard InChI is InChI=1S/C27H27N9O7S3.Na/c1-2-3-8-29-26-30-9-16(20(38)34-26)35(25(28)43)18(13-4-6-15(37)7-5-13)21(39)33-17-22(40)36-19(24(41)42)14(10-44-23(17)36)11-45-27-31-12-32-46-27;/h2-7,9,12,17-18,23,37H,8,10-11H2,1H3,(H2,28,43)(H,33,39)(H,41,42)(H2,29,30,34,38);/q;+1/p-1/t17?,18?,23-;/m0./s1. The van der Waals surface area contributed by atoms with Crippen LogP contribution in [0.15, 0.2) is 69.3 Å². The van der Waals surface area contributed by atoms with E-state index in [1.807, 2.05) is 6.92 Å². The Hall–Kier alpha value is -3.88. The molecule has 6 N–H and O–H groups in total. The summed E-state index contributed by atoms with van der Waals surface area (Å²) in [5.41, 5.74) is 4.89. The van der Waals surface area contributed by atoms with Gasteiger partial charge in [0.2, 0.25) is 11.9 Å². The molecule has 0 saturated carbocycles. The largest absolute Gasteiger partial charge is 1.00 e. The number of thioether (sulfide) groups is 2. The Morgan fingerprint density at radius 1 is 1.28 bits per heavy atom. The Labute approximate surface area is 301 Å². The van der Waals surface area contributed by atoms with Crippen molar-refractivity contribution >= 4 is 70.5 Å². The molecule has 1 saturated heterocycles. The molecule has 3 aromatic rings. The number of hydrogen-bond donors (Lipinski definition) is 5. The maximum atomic E-state index is 13.9. The number of fused-ring (bicyclic) bond motifs is 1. The summed E-state index contributed by atoms with van der Waals surface area (Å²) in [6, 6.07) is 1.32. The van der Waals surface area contributed by atoms with Crippen molar-refractivity contribution in [1.82, 2.24) is 29.5 Å². The molecule has 4 heterocycles. The van der Waals surface area contributed by atoms with Gasteiger partial charge in [0, 0.05) is 18.1 Å². The van der Waals surface area contributed by atoms with Gasteiger partial charge in [0.05, 0.1) is 17.9 Å². The van der Waals surface area contributed by atoms with Gasteiger partial charge < -0.3 is 31.4 Å². The number of amides is 4. The Morgan fingerprint density at radius 2 is 2.02 bits per heavy atom. The SMILES string of the molecule is CC=CCNc1ncc(N(C(N)=O)C(C(=O)NC2C(=O)N3C(C(=O)[O-])=C(CSc4ncns4)CS[C@@H]23)c2ccc(O)cc2)c(=O)[nH]1.[Na+]. The van der Waals surface area contributed by atoms with E-state index >= 15 is 0 Å². The van der Waals surface area contributed by atoms with Gasteiger partial charge in [-0.15, -0.1) is 11.8 Å². The van der Waals surface area contributed by atoms with E-state index in [-0.39, 0.29) is 69.7 Å². The van der Waals surface area contributed by atoms with E-state index in [1.165, 1.54) is 54.1 Å². The summed E-state index contributed by atoms with van der Waals surface area (Å²) in [6.07, 6.45) is 6.04. The zero-order valence-corrected chi connectivity index (χ0v) is 29.4. The number of aromatic hydroxyl groups is 1. The zero-order chi connectivity index (χ0) is 33.0. The fraction of sp³-hybridized carbons (Fsp3) is 0.259. The van der Waals surface area contributed by atoms with Gasteiger partial charge in [-0.05, 0) is 41.7 Å². The number of β-lactam (4-membered cyclic amide) rings is 1. The number of allylic oxidation sites excluding steroid dienone is 1. The molecule has 0 aliphatic carbocycles. The Kier molecular flexibility index (Phi) is 12.1. The summed E-state index contributed by atoms with van der Waals surface area (Å²) in [4.78, 5) is 77.8. The Balaban J connectivity index is 0.00000500. The fourth-order valence-corrected chi connectivity index (χ4v) is 7.70. The smallest absolute Gasteiger partial charge is 0.543 e. The summed E-state index contributed by atoms with van der Waals surface area (Å²) in [7, 11) is 0. The maximum absolute atomic E-state index is 13.9. The molecule has 5 rings (SSSR count). The summed E-state index contributed by atoms with van der Waals surface area (Å²) < 4.78 is 4.55. The summed E-state index contributed by atoms with van der Waals surface area (Å²) in [5, 5.41) is 26.7. The van der Waals surface area contributed by atoms with Gasteiger partial charge in [-0.1, -0.05) is 36.0 Å². The number of hydrogen-bond acceptors (Lipinski definition) is 14. The number of urea groups is 1. The first-order valence-corrected chi connectivity index (χ1v) is 16.3. The quantitative estimate of drug-likeness (QED) is 0.0552. The molecular weight excluding hydrogens is 682 g/mol. The molecule has 0 spiro atoms. The fourth-order valence-electron chi connectivity index (χ4n) is 4.77. The van der Waals surface area contributed by atoms with Crippen molar-refractivity contribution in [3.8, 4) is 5.75 Å². The van der Waals surface area contributed by atoms with Crippen molar-refractivity contribution in [2.75, 3.05) is 28.3 Å². The molecule has 20 heteroatoms. The second-order valence-electron chi connectivity index (χ2n) is 9.73. The van der Waals surface area contributed by atoms with Crippen LogP contribution in [0.4, 0.5) is 16.4 Å². The molecule has 2 aliphatic heterocycles. The van der Waals surface area contributed by atoms with E-state index in [4.69, 9.17) is 5.73 Å². The first kappa shape index (κ1) is 36.0. The van der Waals surface area contributed by atoms with Gasteiger partial charge in [-0.3, -0.25) is 29.2 Å². The molecule has 3 atom stereocenters. The Morgan fingerprint density at radius 3 is 2.64 bits per heavy atom. The van der Waals surface area contributed by atoms with Crippen molar-refractivity contribution in [3.05, 3.63) is 76.1 Å². The molecule has 0 bridgehead atoms. The van der Waals surface area contributed by atoms with Crippen LogP contribution in [-0.2, 0) is 14.4 Å². The number of carbonyl (C=O) groups is 4. The van der Waals surface area contributed by atoms with Crippen LogP contribution in [0.5, 0.6) is 5.75 Å². The number of carbonyl (C=O) groups excluding carboxylic acids is 4. The second-order valence-corrected chi connectivity index (χ2v) is 12.8. The van der Waals surface area contributed by atoms with Crippen LogP contribution in [0.1, 0.15) is 18.5 Å². The third-order valence-electron chi connectivity index (χ3n) is 6.87. The number of carboxylic acid groups (broad SMARTS) is 1. The third kappa shape index (κ3) is 7.82. The molecular formula is C27H26N9NaO7S3. The van der Waals surface area contributed by atoms with Crippen molar-refractivity contribution in [2.45, 2.75) is 28.7 Å². The van der Waals surface area contributed by atoms with Crippen molar-refractivity contribution in [3.63, 3.8) is 0 Å². The van der Waals surface area contributed by atoms with Crippen LogP contribution in [0.25, 0.3) is 0 Å². The third-order valence-corrected chi connectivity index (χ3v) is 10.1. The number of phenolic OH excluding ortho intramolecular Hbond substituents is 1. The topological polar surface area (TPSA) is 240 Å². The number of nitrogens with two attached hydrogens (primary N) is 1. The number of aliphatic carboxylic acids is 1. The van der Waals surface area contributed by atoms with E-state index in [0.29, 0.717) is 16.5 Å². The number of aromatic nitrogens is 4. The van der Waals surface area contributed by atoms with Crippen LogP contribution in [0, 0.1) is 0 Å². The molecule has 1 fully saturated rings.